The van der Waals surface area contributed by atoms with Gasteiger partial charge in [-0.3, -0.25) is 10.1 Å². The number of rotatable bonds is 4. The standard InChI is InChI=1S/C19H20N2OS/c1-15-8-10-16(11-9-15)12-13-18(22)20-19(23)21(2)14-17-6-4-3-5-7-17/h3-13H,14H2,1-2H3,(H,20,22,23)/b13-12+. The highest BCUT2D eigenvalue weighted by atomic mass is 32.1. The van der Waals surface area contributed by atoms with E-state index in [1.54, 1.807) is 6.08 Å². The van der Waals surface area contributed by atoms with Gasteiger partial charge in [0.1, 0.15) is 0 Å². The zero-order chi connectivity index (χ0) is 16.7. The monoisotopic (exact) mass is 324 g/mol. The Kier molecular flexibility index (Phi) is 6.06. The molecule has 2 aromatic carbocycles. The minimum Gasteiger partial charge on any atom is -0.348 e. The zero-order valence-electron chi connectivity index (χ0n) is 13.3. The van der Waals surface area contributed by atoms with E-state index in [2.05, 4.69) is 5.32 Å². The van der Waals surface area contributed by atoms with Crippen LogP contribution in [0.1, 0.15) is 16.7 Å². The van der Waals surface area contributed by atoms with Gasteiger partial charge in [-0.25, -0.2) is 0 Å². The Morgan fingerprint density at radius 3 is 2.43 bits per heavy atom. The Labute approximate surface area is 142 Å². The average molecular weight is 324 g/mol. The lowest BCUT2D eigenvalue weighted by atomic mass is 10.1. The molecule has 0 spiro atoms. The summed E-state index contributed by atoms with van der Waals surface area (Å²) in [4.78, 5) is 13.8. The summed E-state index contributed by atoms with van der Waals surface area (Å²) in [5.41, 5.74) is 3.31. The van der Waals surface area contributed by atoms with E-state index < -0.39 is 0 Å². The van der Waals surface area contributed by atoms with E-state index in [9.17, 15) is 4.79 Å². The summed E-state index contributed by atoms with van der Waals surface area (Å²) in [6.45, 7) is 2.68. The van der Waals surface area contributed by atoms with Gasteiger partial charge in [0.25, 0.3) is 0 Å². The number of hydrogen-bond acceptors (Lipinski definition) is 2. The number of amides is 1. The van der Waals surface area contributed by atoms with Crippen molar-refractivity contribution >= 4 is 29.3 Å². The fraction of sp³-hybridized carbons (Fsp3) is 0.158. The number of nitrogens with one attached hydrogen (secondary N) is 1. The Hall–Kier alpha value is -2.46. The molecule has 0 unspecified atom stereocenters. The Balaban J connectivity index is 1.86. The van der Waals surface area contributed by atoms with Crippen LogP contribution in [0.4, 0.5) is 0 Å². The van der Waals surface area contributed by atoms with Crippen molar-refractivity contribution < 1.29 is 4.79 Å². The highest BCUT2D eigenvalue weighted by molar-refractivity contribution is 7.80. The van der Waals surface area contributed by atoms with Crippen LogP contribution in [0.5, 0.6) is 0 Å². The van der Waals surface area contributed by atoms with Gasteiger partial charge in [0, 0.05) is 19.7 Å². The fourth-order valence-electron chi connectivity index (χ4n) is 2.02. The predicted octanol–water partition coefficient (Wildman–Crippen LogP) is 3.54. The first kappa shape index (κ1) is 16.9. The number of benzene rings is 2. The second-order valence-electron chi connectivity index (χ2n) is 5.38. The van der Waals surface area contributed by atoms with Gasteiger partial charge in [-0.15, -0.1) is 0 Å². The molecule has 3 nitrogen and oxygen atoms in total. The number of hydrogen-bond donors (Lipinski definition) is 1. The Morgan fingerprint density at radius 2 is 1.78 bits per heavy atom. The van der Waals surface area contributed by atoms with Crippen LogP contribution in [0.15, 0.2) is 60.7 Å². The number of nitrogens with zero attached hydrogens (tertiary/aromatic N) is 1. The van der Waals surface area contributed by atoms with Crippen molar-refractivity contribution in [2.45, 2.75) is 13.5 Å². The van der Waals surface area contributed by atoms with Gasteiger partial charge in [0.05, 0.1) is 0 Å². The maximum atomic E-state index is 11.9. The summed E-state index contributed by atoms with van der Waals surface area (Å²) in [6.07, 6.45) is 3.27. The van der Waals surface area contributed by atoms with E-state index in [-0.39, 0.29) is 5.91 Å². The molecule has 0 aliphatic heterocycles. The predicted molar refractivity (Wildman–Crippen MR) is 98.9 cm³/mol. The van der Waals surface area contributed by atoms with Crippen molar-refractivity contribution in [3.8, 4) is 0 Å². The molecule has 0 bridgehead atoms. The largest absolute Gasteiger partial charge is 0.348 e. The molecule has 1 amide bonds. The van der Waals surface area contributed by atoms with E-state index in [0.29, 0.717) is 11.7 Å². The van der Waals surface area contributed by atoms with Gasteiger partial charge in [-0.1, -0.05) is 60.2 Å². The second kappa shape index (κ2) is 8.25. The van der Waals surface area contributed by atoms with Gasteiger partial charge < -0.3 is 4.90 Å². The van der Waals surface area contributed by atoms with Crippen molar-refractivity contribution in [1.29, 1.82) is 0 Å². The first-order chi connectivity index (χ1) is 11.0. The van der Waals surface area contributed by atoms with Crippen molar-refractivity contribution in [2.75, 3.05) is 7.05 Å². The molecule has 0 aliphatic carbocycles. The summed E-state index contributed by atoms with van der Waals surface area (Å²) >= 11 is 5.26. The van der Waals surface area contributed by atoms with Crippen LogP contribution in [-0.2, 0) is 11.3 Å². The average Bonchev–Trinajstić information content (AvgIpc) is 2.55. The lowest BCUT2D eigenvalue weighted by molar-refractivity contribution is -0.115. The molecular weight excluding hydrogens is 304 g/mol. The SMILES string of the molecule is Cc1ccc(/C=C/C(=O)NC(=S)N(C)Cc2ccccc2)cc1. The molecule has 0 saturated heterocycles. The summed E-state index contributed by atoms with van der Waals surface area (Å²) in [6, 6.07) is 17.9. The first-order valence-electron chi connectivity index (χ1n) is 7.39. The number of carbonyl (C=O) groups excluding carboxylic acids is 1. The first-order valence-corrected chi connectivity index (χ1v) is 7.80. The molecule has 1 N–H and O–H groups in total. The highest BCUT2D eigenvalue weighted by Crippen LogP contribution is 2.05. The van der Waals surface area contributed by atoms with E-state index in [4.69, 9.17) is 12.2 Å². The molecule has 0 radical (unpaired) electrons. The molecule has 0 atom stereocenters. The van der Waals surface area contributed by atoms with Crippen LogP contribution < -0.4 is 5.32 Å². The van der Waals surface area contributed by atoms with Gasteiger partial charge in [0.15, 0.2) is 5.11 Å². The molecule has 2 aromatic rings. The molecule has 0 heterocycles. The third-order valence-corrected chi connectivity index (χ3v) is 3.76. The van der Waals surface area contributed by atoms with Gasteiger partial charge >= 0.3 is 0 Å². The second-order valence-corrected chi connectivity index (χ2v) is 5.77. The quantitative estimate of drug-likeness (QED) is 0.690. The molecule has 2 rings (SSSR count). The van der Waals surface area contributed by atoms with Crippen LogP contribution in [0, 0.1) is 6.92 Å². The summed E-state index contributed by atoms with van der Waals surface area (Å²) in [7, 11) is 1.86. The summed E-state index contributed by atoms with van der Waals surface area (Å²) < 4.78 is 0. The van der Waals surface area contributed by atoms with Crippen LogP contribution in [0.2, 0.25) is 0 Å². The third-order valence-electron chi connectivity index (χ3n) is 3.34. The zero-order valence-corrected chi connectivity index (χ0v) is 14.1. The summed E-state index contributed by atoms with van der Waals surface area (Å²) in [5, 5.41) is 3.12. The maximum Gasteiger partial charge on any atom is 0.250 e. The van der Waals surface area contributed by atoms with Crippen LogP contribution in [0.3, 0.4) is 0 Å². The van der Waals surface area contributed by atoms with Crippen LogP contribution >= 0.6 is 12.2 Å². The Morgan fingerprint density at radius 1 is 1.13 bits per heavy atom. The van der Waals surface area contributed by atoms with E-state index >= 15 is 0 Å². The van der Waals surface area contributed by atoms with Crippen LogP contribution in [0.25, 0.3) is 6.08 Å². The maximum absolute atomic E-state index is 11.9. The lowest BCUT2D eigenvalue weighted by Crippen LogP contribution is -2.39. The van der Waals surface area contributed by atoms with Gasteiger partial charge in [0.2, 0.25) is 5.91 Å². The van der Waals surface area contributed by atoms with E-state index in [1.165, 1.54) is 11.6 Å². The molecule has 0 aromatic heterocycles. The van der Waals surface area contributed by atoms with Crippen LogP contribution in [-0.4, -0.2) is 23.0 Å². The van der Waals surface area contributed by atoms with Gasteiger partial charge in [-0.05, 0) is 36.3 Å². The normalized spacial score (nSPS) is 10.5. The molecule has 4 heteroatoms. The number of aryl methyl sites for hydroxylation is 1. The summed E-state index contributed by atoms with van der Waals surface area (Å²) in [5.74, 6) is -0.226. The highest BCUT2D eigenvalue weighted by Gasteiger charge is 2.07. The molecule has 0 saturated carbocycles. The molecule has 118 valence electrons. The van der Waals surface area contributed by atoms with Crippen molar-refractivity contribution in [2.24, 2.45) is 0 Å². The van der Waals surface area contributed by atoms with Crippen molar-refractivity contribution in [1.82, 2.24) is 10.2 Å². The fourth-order valence-corrected chi connectivity index (χ4v) is 2.19. The van der Waals surface area contributed by atoms with E-state index in [1.807, 2.05) is 73.5 Å². The number of thiocarbonyl (C=S) groups is 1. The minimum absolute atomic E-state index is 0.226. The number of carbonyl (C=O) groups is 1. The molecule has 23 heavy (non-hydrogen) atoms. The minimum atomic E-state index is -0.226. The molecule has 0 aliphatic rings. The topological polar surface area (TPSA) is 32.3 Å². The van der Waals surface area contributed by atoms with Gasteiger partial charge in [-0.2, -0.15) is 0 Å². The third kappa shape index (κ3) is 5.68. The Bertz CT molecular complexity index is 693. The van der Waals surface area contributed by atoms with E-state index in [0.717, 1.165) is 11.1 Å². The lowest BCUT2D eigenvalue weighted by Gasteiger charge is -2.19. The molecule has 0 fully saturated rings. The molecular formula is C19H20N2OS. The van der Waals surface area contributed by atoms with Crippen molar-refractivity contribution in [3.63, 3.8) is 0 Å². The van der Waals surface area contributed by atoms with Crippen molar-refractivity contribution in [3.05, 3.63) is 77.4 Å². The smallest absolute Gasteiger partial charge is 0.250 e.